The van der Waals surface area contributed by atoms with Crippen LogP contribution in [0.3, 0.4) is 0 Å². The van der Waals surface area contributed by atoms with Gasteiger partial charge in [0.1, 0.15) is 0 Å². The molecule has 0 saturated carbocycles. The summed E-state index contributed by atoms with van der Waals surface area (Å²) in [5.74, 6) is 0.720. The third-order valence-corrected chi connectivity index (χ3v) is 5.24. The van der Waals surface area contributed by atoms with Gasteiger partial charge in [-0.1, -0.05) is 0 Å². The van der Waals surface area contributed by atoms with Crippen LogP contribution in [0.15, 0.2) is 13.6 Å². The van der Waals surface area contributed by atoms with Gasteiger partial charge >= 0.3 is 0 Å². The Morgan fingerprint density at radius 3 is 3.00 bits per heavy atom. The van der Waals surface area contributed by atoms with E-state index in [0.29, 0.717) is 11.5 Å². The van der Waals surface area contributed by atoms with Crippen molar-refractivity contribution in [2.24, 2.45) is 5.92 Å². The third-order valence-electron chi connectivity index (χ3n) is 2.90. The van der Waals surface area contributed by atoms with Gasteiger partial charge in [0, 0.05) is 6.54 Å². The second kappa shape index (κ2) is 6.31. The molecule has 1 saturated heterocycles. The van der Waals surface area contributed by atoms with Gasteiger partial charge in [0.25, 0.3) is 5.91 Å². The number of amides is 1. The van der Waals surface area contributed by atoms with Crippen molar-refractivity contribution in [1.82, 2.24) is 10.6 Å². The molecule has 2 N–H and O–H groups in total. The summed E-state index contributed by atoms with van der Waals surface area (Å²) in [4.78, 5) is 11.9. The third kappa shape index (κ3) is 3.77. The topological polar surface area (TPSA) is 41.1 Å². The maximum Gasteiger partial charge on any atom is 0.253 e. The molecular formula is C11H14Br2N2OS. The van der Waals surface area contributed by atoms with E-state index in [1.165, 1.54) is 17.8 Å². The first kappa shape index (κ1) is 13.5. The molecule has 1 aliphatic heterocycles. The molecule has 0 radical (unpaired) electrons. The first-order valence-electron chi connectivity index (χ1n) is 5.60. The number of rotatable bonds is 4. The Morgan fingerprint density at radius 2 is 2.41 bits per heavy atom. The predicted octanol–water partition coefficient (Wildman–Crippen LogP) is 3.00. The van der Waals surface area contributed by atoms with E-state index in [0.717, 1.165) is 33.6 Å². The summed E-state index contributed by atoms with van der Waals surface area (Å²) in [6, 6.07) is 1.85. The average molecular weight is 382 g/mol. The Labute approximate surface area is 122 Å². The molecule has 3 nitrogen and oxygen atoms in total. The maximum atomic E-state index is 11.9. The number of thiophene rings is 1. The van der Waals surface area contributed by atoms with E-state index in [2.05, 4.69) is 42.5 Å². The van der Waals surface area contributed by atoms with E-state index in [1.54, 1.807) is 0 Å². The largest absolute Gasteiger partial charge is 0.352 e. The van der Waals surface area contributed by atoms with Crippen LogP contribution >= 0.6 is 43.2 Å². The molecule has 17 heavy (non-hydrogen) atoms. The highest BCUT2D eigenvalue weighted by molar-refractivity contribution is 9.12. The molecule has 0 bridgehead atoms. The van der Waals surface area contributed by atoms with Crippen molar-refractivity contribution < 1.29 is 4.79 Å². The van der Waals surface area contributed by atoms with Gasteiger partial charge in [-0.3, -0.25) is 4.79 Å². The van der Waals surface area contributed by atoms with Crippen LogP contribution in [0.5, 0.6) is 0 Å². The smallest absolute Gasteiger partial charge is 0.253 e. The standard InChI is InChI=1S/C11H14Br2N2OS/c12-9-5-8(10(13)17-9)11(16)15-4-2-7-1-3-14-6-7/h5,7,14H,1-4,6H2,(H,15,16). The first-order valence-corrected chi connectivity index (χ1v) is 8.01. The van der Waals surface area contributed by atoms with Gasteiger partial charge in [-0.25, -0.2) is 0 Å². The number of carbonyl (C=O) groups excluding carboxylic acids is 1. The Kier molecular flexibility index (Phi) is 5.02. The van der Waals surface area contributed by atoms with E-state index in [9.17, 15) is 4.79 Å². The minimum Gasteiger partial charge on any atom is -0.352 e. The lowest BCUT2D eigenvalue weighted by Gasteiger charge is -2.08. The fourth-order valence-corrected chi connectivity index (χ4v) is 4.73. The van der Waals surface area contributed by atoms with Crippen LogP contribution in [-0.2, 0) is 0 Å². The molecule has 1 atom stereocenters. The normalized spacial score (nSPS) is 19.5. The Bertz CT molecular complexity index is 402. The monoisotopic (exact) mass is 380 g/mol. The van der Waals surface area contributed by atoms with Crippen LogP contribution in [0.2, 0.25) is 0 Å². The Hall–Kier alpha value is 0.0900. The zero-order valence-corrected chi connectivity index (χ0v) is 13.3. The maximum absolute atomic E-state index is 11.9. The fourth-order valence-electron chi connectivity index (χ4n) is 1.94. The molecule has 0 aliphatic carbocycles. The highest BCUT2D eigenvalue weighted by Gasteiger charge is 2.16. The second-order valence-electron chi connectivity index (χ2n) is 4.14. The van der Waals surface area contributed by atoms with Gasteiger partial charge in [0.05, 0.1) is 13.1 Å². The minimum atomic E-state index is 0.00443. The van der Waals surface area contributed by atoms with E-state index >= 15 is 0 Å². The zero-order chi connectivity index (χ0) is 12.3. The Balaban J connectivity index is 1.78. The predicted molar refractivity (Wildman–Crippen MR) is 77.6 cm³/mol. The molecule has 1 unspecified atom stereocenters. The lowest BCUT2D eigenvalue weighted by molar-refractivity contribution is 0.0951. The van der Waals surface area contributed by atoms with Crippen molar-refractivity contribution >= 4 is 49.1 Å². The highest BCUT2D eigenvalue weighted by Crippen LogP contribution is 2.31. The van der Waals surface area contributed by atoms with Gasteiger partial charge < -0.3 is 10.6 Å². The molecule has 0 aromatic carbocycles. The van der Waals surface area contributed by atoms with Gasteiger partial charge in [-0.15, -0.1) is 11.3 Å². The van der Waals surface area contributed by atoms with Crippen LogP contribution in [0.1, 0.15) is 23.2 Å². The van der Waals surface area contributed by atoms with Crippen LogP contribution in [0, 0.1) is 5.92 Å². The molecule has 1 aromatic rings. The van der Waals surface area contributed by atoms with Crippen molar-refractivity contribution in [2.45, 2.75) is 12.8 Å². The second-order valence-corrected chi connectivity index (χ2v) is 7.89. The molecule has 6 heteroatoms. The quantitative estimate of drug-likeness (QED) is 0.841. The number of hydrogen-bond acceptors (Lipinski definition) is 3. The highest BCUT2D eigenvalue weighted by atomic mass is 79.9. The molecule has 94 valence electrons. The molecule has 1 aromatic heterocycles. The minimum absolute atomic E-state index is 0.00443. The van der Waals surface area contributed by atoms with Crippen molar-refractivity contribution in [3.05, 3.63) is 19.2 Å². The summed E-state index contributed by atoms with van der Waals surface area (Å²) in [7, 11) is 0. The van der Waals surface area contributed by atoms with Crippen LogP contribution in [-0.4, -0.2) is 25.5 Å². The molecule has 2 heterocycles. The van der Waals surface area contributed by atoms with Gasteiger partial charge in [0.15, 0.2) is 0 Å². The van der Waals surface area contributed by atoms with Crippen LogP contribution in [0.4, 0.5) is 0 Å². The lowest BCUT2D eigenvalue weighted by atomic mass is 10.1. The van der Waals surface area contributed by atoms with Crippen molar-refractivity contribution in [3.8, 4) is 0 Å². The van der Waals surface area contributed by atoms with Crippen molar-refractivity contribution in [1.29, 1.82) is 0 Å². The molecule has 1 aliphatic rings. The van der Waals surface area contributed by atoms with Crippen LogP contribution in [0.25, 0.3) is 0 Å². The van der Waals surface area contributed by atoms with Gasteiger partial charge in [0.2, 0.25) is 0 Å². The summed E-state index contributed by atoms with van der Waals surface area (Å²) < 4.78 is 1.85. The van der Waals surface area contributed by atoms with Crippen molar-refractivity contribution in [2.75, 3.05) is 19.6 Å². The van der Waals surface area contributed by atoms with Gasteiger partial charge in [-0.05, 0) is 69.8 Å². The summed E-state index contributed by atoms with van der Waals surface area (Å²) in [5, 5.41) is 6.30. The molecule has 2 rings (SSSR count). The van der Waals surface area contributed by atoms with E-state index in [4.69, 9.17) is 0 Å². The summed E-state index contributed by atoms with van der Waals surface area (Å²) in [6.07, 6.45) is 2.28. The summed E-state index contributed by atoms with van der Waals surface area (Å²) in [6.45, 7) is 2.95. The number of hydrogen-bond donors (Lipinski definition) is 2. The summed E-state index contributed by atoms with van der Waals surface area (Å²) >= 11 is 8.29. The van der Waals surface area contributed by atoms with E-state index in [1.807, 2.05) is 6.07 Å². The molecule has 1 amide bonds. The summed E-state index contributed by atoms with van der Waals surface area (Å²) in [5.41, 5.74) is 0.714. The van der Waals surface area contributed by atoms with Crippen molar-refractivity contribution in [3.63, 3.8) is 0 Å². The Morgan fingerprint density at radius 1 is 1.59 bits per heavy atom. The SMILES string of the molecule is O=C(NCCC1CCNC1)c1cc(Br)sc1Br. The van der Waals surface area contributed by atoms with Gasteiger partial charge in [-0.2, -0.15) is 0 Å². The number of halogens is 2. The zero-order valence-electron chi connectivity index (χ0n) is 9.26. The number of nitrogens with one attached hydrogen (secondary N) is 2. The fraction of sp³-hybridized carbons (Fsp3) is 0.545. The molecule has 1 fully saturated rings. The molecule has 0 spiro atoms. The van der Waals surface area contributed by atoms with E-state index in [-0.39, 0.29) is 5.91 Å². The number of carbonyl (C=O) groups is 1. The molecular weight excluding hydrogens is 368 g/mol. The van der Waals surface area contributed by atoms with E-state index < -0.39 is 0 Å². The average Bonchev–Trinajstić information content (AvgIpc) is 2.88. The van der Waals surface area contributed by atoms with Crippen LogP contribution < -0.4 is 10.6 Å². The lowest BCUT2D eigenvalue weighted by Crippen LogP contribution is -2.26. The first-order chi connectivity index (χ1) is 8.16.